The highest BCUT2D eigenvalue weighted by atomic mass is 16.5. The fourth-order valence-corrected chi connectivity index (χ4v) is 3.32. The molecule has 0 saturated heterocycles. The first-order chi connectivity index (χ1) is 14.1. The molecule has 0 aliphatic rings. The van der Waals surface area contributed by atoms with Crippen LogP contribution in [0.5, 0.6) is 5.75 Å². The average Bonchev–Trinajstić information content (AvgIpc) is 2.79. The van der Waals surface area contributed by atoms with Crippen molar-refractivity contribution in [3.63, 3.8) is 0 Å². The molecule has 0 bridgehead atoms. The van der Waals surface area contributed by atoms with Crippen molar-refractivity contribution in [2.24, 2.45) is 0 Å². The SMILES string of the molecule is CC(C(=O)Oc1cccc2ccccc12)c1cccc(C(=O)c2ccccc2)c1. The van der Waals surface area contributed by atoms with Crippen LogP contribution in [0.2, 0.25) is 0 Å². The van der Waals surface area contributed by atoms with E-state index in [1.807, 2.05) is 60.7 Å². The summed E-state index contributed by atoms with van der Waals surface area (Å²) in [5.74, 6) is -0.387. The number of esters is 1. The first-order valence-electron chi connectivity index (χ1n) is 9.52. The molecule has 29 heavy (non-hydrogen) atoms. The molecule has 0 saturated carbocycles. The number of hydrogen-bond donors (Lipinski definition) is 0. The van der Waals surface area contributed by atoms with Gasteiger partial charge in [-0.05, 0) is 30.0 Å². The first-order valence-corrected chi connectivity index (χ1v) is 9.52. The van der Waals surface area contributed by atoms with Crippen molar-refractivity contribution in [2.45, 2.75) is 12.8 Å². The highest BCUT2D eigenvalue weighted by molar-refractivity contribution is 6.09. The lowest BCUT2D eigenvalue weighted by Crippen LogP contribution is -2.17. The van der Waals surface area contributed by atoms with Gasteiger partial charge in [0.15, 0.2) is 5.78 Å². The maximum absolute atomic E-state index is 12.8. The molecule has 142 valence electrons. The zero-order chi connectivity index (χ0) is 20.2. The van der Waals surface area contributed by atoms with Crippen LogP contribution in [0, 0.1) is 0 Å². The summed E-state index contributed by atoms with van der Waals surface area (Å²) in [6.45, 7) is 1.79. The fraction of sp³-hybridized carbons (Fsp3) is 0.0769. The molecule has 3 heteroatoms. The van der Waals surface area contributed by atoms with Gasteiger partial charge in [0.2, 0.25) is 0 Å². The van der Waals surface area contributed by atoms with E-state index in [1.54, 1.807) is 43.3 Å². The van der Waals surface area contributed by atoms with E-state index in [9.17, 15) is 9.59 Å². The molecule has 4 aromatic carbocycles. The molecule has 0 aliphatic carbocycles. The van der Waals surface area contributed by atoms with Gasteiger partial charge >= 0.3 is 5.97 Å². The highest BCUT2D eigenvalue weighted by Crippen LogP contribution is 2.27. The lowest BCUT2D eigenvalue weighted by Gasteiger charge is -2.14. The van der Waals surface area contributed by atoms with Gasteiger partial charge in [-0.1, -0.05) is 84.9 Å². The maximum Gasteiger partial charge on any atom is 0.318 e. The number of carbonyl (C=O) groups is 2. The third-order valence-corrected chi connectivity index (χ3v) is 5.00. The van der Waals surface area contributed by atoms with Gasteiger partial charge < -0.3 is 4.74 Å². The van der Waals surface area contributed by atoms with Crippen molar-refractivity contribution >= 4 is 22.5 Å². The lowest BCUT2D eigenvalue weighted by atomic mass is 9.96. The van der Waals surface area contributed by atoms with E-state index in [4.69, 9.17) is 4.74 Å². The van der Waals surface area contributed by atoms with E-state index in [1.165, 1.54) is 0 Å². The Balaban J connectivity index is 1.57. The normalized spacial score (nSPS) is 11.8. The first kappa shape index (κ1) is 18.6. The second-order valence-corrected chi connectivity index (χ2v) is 6.94. The molecule has 3 nitrogen and oxygen atoms in total. The Labute approximate surface area is 169 Å². The lowest BCUT2D eigenvalue weighted by molar-refractivity contribution is -0.135. The molecule has 4 aromatic rings. The Hall–Kier alpha value is -3.72. The standard InChI is InChI=1S/C26H20O3/c1-18(26(28)29-24-16-8-12-19-9-5-6-15-23(19)24)21-13-7-14-22(17-21)25(27)20-10-3-2-4-11-20/h2-18H,1H3. The minimum Gasteiger partial charge on any atom is -0.425 e. The van der Waals surface area contributed by atoms with Gasteiger partial charge in [-0.25, -0.2) is 0 Å². The van der Waals surface area contributed by atoms with Gasteiger partial charge in [0.05, 0.1) is 5.92 Å². The van der Waals surface area contributed by atoms with Crippen LogP contribution < -0.4 is 4.74 Å². The number of ketones is 1. The van der Waals surface area contributed by atoms with E-state index in [2.05, 4.69) is 0 Å². The maximum atomic E-state index is 12.8. The van der Waals surface area contributed by atoms with Crippen molar-refractivity contribution in [3.05, 3.63) is 114 Å². The van der Waals surface area contributed by atoms with Crippen LogP contribution >= 0.6 is 0 Å². The molecule has 1 atom stereocenters. The van der Waals surface area contributed by atoms with Gasteiger partial charge in [-0.2, -0.15) is 0 Å². The summed E-state index contributed by atoms with van der Waals surface area (Å²) in [5.41, 5.74) is 1.92. The Morgan fingerprint density at radius 3 is 2.21 bits per heavy atom. The molecule has 0 fully saturated rings. The number of benzene rings is 4. The molecule has 0 radical (unpaired) electrons. The number of rotatable bonds is 5. The summed E-state index contributed by atoms with van der Waals surface area (Å²) in [4.78, 5) is 25.5. The quantitative estimate of drug-likeness (QED) is 0.250. The van der Waals surface area contributed by atoms with Crippen LogP contribution in [0.4, 0.5) is 0 Å². The van der Waals surface area contributed by atoms with Crippen molar-refractivity contribution in [3.8, 4) is 5.75 Å². The van der Waals surface area contributed by atoms with Crippen LogP contribution in [0.25, 0.3) is 10.8 Å². The van der Waals surface area contributed by atoms with Crippen LogP contribution in [-0.2, 0) is 4.79 Å². The van der Waals surface area contributed by atoms with Crippen molar-refractivity contribution in [2.75, 3.05) is 0 Å². The molecule has 0 aliphatic heterocycles. The van der Waals surface area contributed by atoms with Crippen LogP contribution in [0.3, 0.4) is 0 Å². The predicted octanol–water partition coefficient (Wildman–Crippen LogP) is 5.78. The van der Waals surface area contributed by atoms with Gasteiger partial charge in [-0.15, -0.1) is 0 Å². The van der Waals surface area contributed by atoms with E-state index in [0.717, 1.165) is 16.3 Å². The zero-order valence-corrected chi connectivity index (χ0v) is 16.0. The Kier molecular flexibility index (Phi) is 5.21. The summed E-state index contributed by atoms with van der Waals surface area (Å²) >= 11 is 0. The second kappa shape index (κ2) is 8.11. The second-order valence-electron chi connectivity index (χ2n) is 6.94. The van der Waals surface area contributed by atoms with E-state index in [0.29, 0.717) is 16.9 Å². The van der Waals surface area contributed by atoms with Crippen LogP contribution in [0.15, 0.2) is 97.1 Å². The topological polar surface area (TPSA) is 43.4 Å². The zero-order valence-electron chi connectivity index (χ0n) is 16.0. The highest BCUT2D eigenvalue weighted by Gasteiger charge is 2.20. The number of fused-ring (bicyclic) bond motifs is 1. The third-order valence-electron chi connectivity index (χ3n) is 5.00. The molecule has 0 N–H and O–H groups in total. The Bertz CT molecular complexity index is 1170. The Morgan fingerprint density at radius 1 is 0.724 bits per heavy atom. The molecular formula is C26H20O3. The summed E-state index contributed by atoms with van der Waals surface area (Å²) < 4.78 is 5.70. The third kappa shape index (κ3) is 3.94. The minimum absolute atomic E-state index is 0.0675. The summed E-state index contributed by atoms with van der Waals surface area (Å²) in [5, 5.41) is 1.91. The molecule has 0 aromatic heterocycles. The average molecular weight is 380 g/mol. The molecular weight excluding hydrogens is 360 g/mol. The Morgan fingerprint density at radius 2 is 1.38 bits per heavy atom. The molecule has 1 unspecified atom stereocenters. The van der Waals surface area contributed by atoms with Gasteiger partial charge in [0, 0.05) is 16.5 Å². The fourth-order valence-electron chi connectivity index (χ4n) is 3.32. The monoisotopic (exact) mass is 380 g/mol. The number of hydrogen-bond acceptors (Lipinski definition) is 3. The molecule has 0 heterocycles. The van der Waals surface area contributed by atoms with E-state index >= 15 is 0 Å². The van der Waals surface area contributed by atoms with E-state index in [-0.39, 0.29) is 11.8 Å². The van der Waals surface area contributed by atoms with E-state index < -0.39 is 5.92 Å². The summed E-state index contributed by atoms with van der Waals surface area (Å²) in [6, 6.07) is 29.7. The summed E-state index contributed by atoms with van der Waals surface area (Å²) in [6.07, 6.45) is 0. The van der Waals surface area contributed by atoms with Gasteiger partial charge in [-0.3, -0.25) is 9.59 Å². The van der Waals surface area contributed by atoms with Crippen molar-refractivity contribution in [1.82, 2.24) is 0 Å². The van der Waals surface area contributed by atoms with Gasteiger partial charge in [0.25, 0.3) is 0 Å². The minimum atomic E-state index is -0.502. The smallest absolute Gasteiger partial charge is 0.318 e. The van der Waals surface area contributed by atoms with Crippen LogP contribution in [0.1, 0.15) is 34.3 Å². The number of carbonyl (C=O) groups excluding carboxylic acids is 2. The van der Waals surface area contributed by atoms with Crippen molar-refractivity contribution in [1.29, 1.82) is 0 Å². The predicted molar refractivity (Wildman–Crippen MR) is 114 cm³/mol. The summed E-state index contributed by atoms with van der Waals surface area (Å²) in [7, 11) is 0. The molecule has 0 spiro atoms. The van der Waals surface area contributed by atoms with Crippen LogP contribution in [-0.4, -0.2) is 11.8 Å². The molecule has 0 amide bonds. The van der Waals surface area contributed by atoms with Crippen molar-refractivity contribution < 1.29 is 14.3 Å². The van der Waals surface area contributed by atoms with Gasteiger partial charge in [0.1, 0.15) is 5.75 Å². The largest absolute Gasteiger partial charge is 0.425 e. The number of ether oxygens (including phenoxy) is 1. The molecule has 4 rings (SSSR count).